The summed E-state index contributed by atoms with van der Waals surface area (Å²) in [6, 6.07) is 13.0. The van der Waals surface area contributed by atoms with Crippen LogP contribution >= 0.6 is 0 Å². The van der Waals surface area contributed by atoms with Crippen molar-refractivity contribution in [2.45, 2.75) is 39.0 Å². The summed E-state index contributed by atoms with van der Waals surface area (Å²) in [6.45, 7) is 1.08. The van der Waals surface area contributed by atoms with Gasteiger partial charge in [-0.05, 0) is 17.7 Å². The molecule has 1 heterocycles. The fourth-order valence-corrected chi connectivity index (χ4v) is 3.14. The monoisotopic (exact) mass is 404 g/mol. The lowest BCUT2D eigenvalue weighted by molar-refractivity contribution is -0.137. The van der Waals surface area contributed by atoms with Crippen molar-refractivity contribution in [1.82, 2.24) is 9.13 Å². The van der Waals surface area contributed by atoms with Crippen LogP contribution in [0.5, 0.6) is 0 Å². The zero-order chi connectivity index (χ0) is 21.2. The van der Waals surface area contributed by atoms with E-state index in [4.69, 9.17) is 0 Å². The van der Waals surface area contributed by atoms with Crippen LogP contribution in [-0.2, 0) is 13.1 Å². The highest BCUT2D eigenvalue weighted by molar-refractivity contribution is 5.95. The normalized spacial score (nSPS) is 11.7. The average molecular weight is 404 g/mol. The number of ketones is 1. The molecule has 3 rings (SSSR count). The Morgan fingerprint density at radius 3 is 2.24 bits per heavy atom. The zero-order valence-corrected chi connectivity index (χ0v) is 15.7. The summed E-state index contributed by atoms with van der Waals surface area (Å²) >= 11 is 0. The molecular formula is C21H19F3N2O3. The lowest BCUT2D eigenvalue weighted by Crippen LogP contribution is -2.41. The van der Waals surface area contributed by atoms with E-state index in [0.29, 0.717) is 27.6 Å². The van der Waals surface area contributed by atoms with E-state index in [2.05, 4.69) is 0 Å². The second-order valence-electron chi connectivity index (χ2n) is 6.68. The number of para-hydroxylation sites is 1. The van der Waals surface area contributed by atoms with Gasteiger partial charge in [-0.1, -0.05) is 43.3 Å². The number of Topliss-reactive ketones (excluding diaryl/α,β-unsaturated/α-hetero) is 1. The number of benzene rings is 2. The van der Waals surface area contributed by atoms with Gasteiger partial charge in [-0.3, -0.25) is 18.7 Å². The fraction of sp³-hybridized carbons (Fsp3) is 0.286. The Labute approximate surface area is 164 Å². The topological polar surface area (TPSA) is 61.1 Å². The first kappa shape index (κ1) is 20.6. The minimum Gasteiger partial charge on any atom is -0.294 e. The minimum absolute atomic E-state index is 0.0140. The van der Waals surface area contributed by atoms with Crippen molar-refractivity contribution in [3.63, 3.8) is 0 Å². The molecule has 0 bridgehead atoms. The van der Waals surface area contributed by atoms with Crippen molar-refractivity contribution in [2.24, 2.45) is 0 Å². The van der Waals surface area contributed by atoms with Gasteiger partial charge in [0.05, 0.1) is 23.9 Å². The summed E-state index contributed by atoms with van der Waals surface area (Å²) in [4.78, 5) is 37.2. The molecule has 5 nitrogen and oxygen atoms in total. The Kier molecular flexibility index (Phi) is 5.72. The molecule has 2 aromatic carbocycles. The van der Waals surface area contributed by atoms with Crippen molar-refractivity contribution in [2.75, 3.05) is 0 Å². The number of halogens is 3. The molecule has 152 valence electrons. The van der Waals surface area contributed by atoms with E-state index in [1.165, 1.54) is 10.6 Å². The predicted molar refractivity (Wildman–Crippen MR) is 103 cm³/mol. The predicted octanol–water partition coefficient (Wildman–Crippen LogP) is 3.76. The third-order valence-electron chi connectivity index (χ3n) is 4.69. The number of aromatic nitrogens is 2. The highest BCUT2D eigenvalue weighted by atomic mass is 19.4. The molecule has 3 aromatic rings. The second-order valence-corrected chi connectivity index (χ2v) is 6.68. The largest absolute Gasteiger partial charge is 0.390 e. The van der Waals surface area contributed by atoms with E-state index in [9.17, 15) is 27.6 Å². The van der Waals surface area contributed by atoms with Gasteiger partial charge in [0.15, 0.2) is 5.78 Å². The van der Waals surface area contributed by atoms with E-state index in [-0.39, 0.29) is 17.7 Å². The van der Waals surface area contributed by atoms with Crippen LogP contribution < -0.4 is 11.2 Å². The van der Waals surface area contributed by atoms with Crippen molar-refractivity contribution < 1.29 is 18.0 Å². The van der Waals surface area contributed by atoms with Crippen molar-refractivity contribution >= 4 is 16.7 Å². The van der Waals surface area contributed by atoms with Crippen molar-refractivity contribution in [3.8, 4) is 0 Å². The van der Waals surface area contributed by atoms with Gasteiger partial charge < -0.3 is 0 Å². The molecule has 0 unspecified atom stereocenters. The first-order valence-electron chi connectivity index (χ1n) is 9.12. The number of hydrogen-bond donors (Lipinski definition) is 0. The van der Waals surface area contributed by atoms with E-state index < -0.39 is 30.4 Å². The third kappa shape index (κ3) is 4.47. The summed E-state index contributed by atoms with van der Waals surface area (Å²) in [5.74, 6) is -0.0140. The number of carbonyl (C=O) groups is 1. The summed E-state index contributed by atoms with van der Waals surface area (Å²) in [7, 11) is 0. The maximum absolute atomic E-state index is 12.9. The van der Waals surface area contributed by atoms with Gasteiger partial charge in [0.25, 0.3) is 5.56 Å². The Balaban J connectivity index is 2.08. The Morgan fingerprint density at radius 1 is 0.966 bits per heavy atom. The van der Waals surface area contributed by atoms with Gasteiger partial charge in [-0.25, -0.2) is 4.79 Å². The summed E-state index contributed by atoms with van der Waals surface area (Å²) in [5, 5.41) is 0.173. The lowest BCUT2D eigenvalue weighted by Gasteiger charge is -2.15. The van der Waals surface area contributed by atoms with Crippen LogP contribution in [0.1, 0.15) is 35.7 Å². The molecule has 0 atom stereocenters. The summed E-state index contributed by atoms with van der Waals surface area (Å²) in [6.07, 6.45) is -5.38. The van der Waals surface area contributed by atoms with E-state index in [1.807, 2.05) is 0 Å². The number of fused-ring (bicyclic) bond motifs is 1. The highest BCUT2D eigenvalue weighted by Crippen LogP contribution is 2.20. The molecule has 0 aliphatic heterocycles. The van der Waals surface area contributed by atoms with Crippen LogP contribution in [0.3, 0.4) is 0 Å². The molecule has 0 saturated carbocycles. The molecule has 1 aromatic heterocycles. The standard InChI is InChI=1S/C21H19F3N2O3/c1-2-18(27)15-9-7-14(8-10-15)13-26-17-6-4-3-5-16(17)19(28)25(20(26)29)12-11-21(22,23)24/h3-10H,2,11-13H2,1H3. The van der Waals surface area contributed by atoms with E-state index in [1.54, 1.807) is 49.4 Å². The molecule has 0 fully saturated rings. The van der Waals surface area contributed by atoms with Crippen LogP contribution in [0.25, 0.3) is 10.9 Å². The van der Waals surface area contributed by atoms with Gasteiger partial charge in [-0.2, -0.15) is 13.2 Å². The molecule has 0 amide bonds. The van der Waals surface area contributed by atoms with Crippen LogP contribution in [-0.4, -0.2) is 21.1 Å². The fourth-order valence-electron chi connectivity index (χ4n) is 3.14. The minimum atomic E-state index is -4.48. The van der Waals surface area contributed by atoms with Gasteiger partial charge in [0, 0.05) is 18.5 Å². The smallest absolute Gasteiger partial charge is 0.294 e. The molecule has 0 aliphatic carbocycles. The van der Waals surface area contributed by atoms with Crippen LogP contribution in [0.4, 0.5) is 13.2 Å². The Bertz CT molecular complexity index is 1160. The van der Waals surface area contributed by atoms with Crippen molar-refractivity contribution in [3.05, 3.63) is 80.5 Å². The molecule has 0 spiro atoms. The molecule has 0 radical (unpaired) electrons. The lowest BCUT2D eigenvalue weighted by atomic mass is 10.1. The van der Waals surface area contributed by atoms with Gasteiger partial charge in [0.1, 0.15) is 0 Å². The van der Waals surface area contributed by atoms with Crippen LogP contribution in [0, 0.1) is 0 Å². The molecule has 29 heavy (non-hydrogen) atoms. The van der Waals surface area contributed by atoms with Crippen molar-refractivity contribution in [1.29, 1.82) is 0 Å². The maximum Gasteiger partial charge on any atom is 0.390 e. The van der Waals surface area contributed by atoms with Crippen LogP contribution in [0.15, 0.2) is 58.1 Å². The third-order valence-corrected chi connectivity index (χ3v) is 4.69. The van der Waals surface area contributed by atoms with E-state index >= 15 is 0 Å². The number of alkyl halides is 3. The summed E-state index contributed by atoms with van der Waals surface area (Å²) < 4.78 is 39.9. The SMILES string of the molecule is CCC(=O)c1ccc(Cn2c(=O)n(CCC(F)(F)F)c(=O)c3ccccc32)cc1. The van der Waals surface area contributed by atoms with Gasteiger partial charge in [0.2, 0.25) is 0 Å². The van der Waals surface area contributed by atoms with E-state index in [0.717, 1.165) is 0 Å². The number of hydrogen-bond acceptors (Lipinski definition) is 3. The second kappa shape index (κ2) is 8.06. The van der Waals surface area contributed by atoms with Gasteiger partial charge in [-0.15, -0.1) is 0 Å². The highest BCUT2D eigenvalue weighted by Gasteiger charge is 2.28. The first-order chi connectivity index (χ1) is 13.7. The first-order valence-corrected chi connectivity index (χ1v) is 9.12. The Morgan fingerprint density at radius 2 is 1.62 bits per heavy atom. The van der Waals surface area contributed by atoms with Gasteiger partial charge >= 0.3 is 11.9 Å². The molecule has 0 N–H and O–H groups in total. The Hall–Kier alpha value is -3.16. The number of rotatable bonds is 6. The molecular weight excluding hydrogens is 385 g/mol. The zero-order valence-electron chi connectivity index (χ0n) is 15.7. The maximum atomic E-state index is 12.9. The molecule has 8 heteroatoms. The summed E-state index contributed by atoms with van der Waals surface area (Å²) in [5.41, 5.74) is 0.0376. The quantitative estimate of drug-likeness (QED) is 0.588. The average Bonchev–Trinajstić information content (AvgIpc) is 2.70. The number of nitrogens with zero attached hydrogens (tertiary/aromatic N) is 2. The molecule has 0 saturated heterocycles. The molecule has 0 aliphatic rings. The number of carbonyl (C=O) groups excluding carboxylic acids is 1. The van der Waals surface area contributed by atoms with Crippen LogP contribution in [0.2, 0.25) is 0 Å².